The molecule has 4 heteroatoms. The van der Waals surface area contributed by atoms with Crippen LogP contribution in [0.1, 0.15) is 37.6 Å². The molecule has 0 saturated carbocycles. The van der Waals surface area contributed by atoms with Crippen LogP contribution >= 0.6 is 0 Å². The van der Waals surface area contributed by atoms with Gasteiger partial charge in [-0.2, -0.15) is 0 Å². The van der Waals surface area contributed by atoms with E-state index in [-0.39, 0.29) is 5.97 Å². The summed E-state index contributed by atoms with van der Waals surface area (Å²) < 4.78 is 6.90. The van der Waals surface area contributed by atoms with Gasteiger partial charge in [-0.15, -0.1) is 0 Å². The second-order valence-corrected chi connectivity index (χ2v) is 4.57. The van der Waals surface area contributed by atoms with Crippen molar-refractivity contribution in [3.63, 3.8) is 0 Å². The van der Waals surface area contributed by atoms with Crippen LogP contribution in [0.15, 0.2) is 18.0 Å². The molecule has 1 aliphatic carbocycles. The van der Waals surface area contributed by atoms with Crippen LogP contribution < -0.4 is 0 Å². The Morgan fingerprint density at radius 1 is 1.50 bits per heavy atom. The van der Waals surface area contributed by atoms with Gasteiger partial charge < -0.3 is 9.30 Å². The van der Waals surface area contributed by atoms with E-state index in [1.54, 1.807) is 0 Å². The summed E-state index contributed by atoms with van der Waals surface area (Å²) in [5, 5.41) is 0. The molecular weight excluding hydrogens is 228 g/mol. The van der Waals surface area contributed by atoms with Gasteiger partial charge in [-0.3, -0.25) is 0 Å². The third-order valence-corrected chi connectivity index (χ3v) is 3.47. The minimum Gasteiger partial charge on any atom is -0.466 e. The number of rotatable bonds is 4. The Kier molecular flexibility index (Phi) is 4.18. The van der Waals surface area contributed by atoms with E-state index in [4.69, 9.17) is 4.74 Å². The first kappa shape index (κ1) is 12.9. The van der Waals surface area contributed by atoms with Gasteiger partial charge in [0.25, 0.3) is 0 Å². The van der Waals surface area contributed by atoms with Gasteiger partial charge in [-0.25, -0.2) is 9.78 Å². The van der Waals surface area contributed by atoms with Gasteiger partial charge in [0.05, 0.1) is 19.1 Å². The average Bonchev–Trinajstić information content (AvgIpc) is 2.82. The van der Waals surface area contributed by atoms with E-state index in [2.05, 4.69) is 9.55 Å². The van der Waals surface area contributed by atoms with Gasteiger partial charge in [0, 0.05) is 17.8 Å². The lowest BCUT2D eigenvalue weighted by Gasteiger charge is -2.13. The third kappa shape index (κ3) is 2.63. The number of carbonyl (C=O) groups is 1. The number of nitrogens with zero attached hydrogens (tertiary/aromatic N) is 2. The number of aryl methyl sites for hydroxylation is 1. The molecule has 0 spiro atoms. The van der Waals surface area contributed by atoms with Crippen LogP contribution in [-0.4, -0.2) is 22.6 Å². The first-order valence-corrected chi connectivity index (χ1v) is 6.56. The summed E-state index contributed by atoms with van der Waals surface area (Å²) in [5.74, 6) is -0.230. The molecule has 0 unspecified atom stereocenters. The van der Waals surface area contributed by atoms with Crippen molar-refractivity contribution in [1.29, 1.82) is 0 Å². The Balaban J connectivity index is 2.12. The molecule has 0 N–H and O–H groups in total. The number of methoxy groups -OCH3 is 1. The normalized spacial score (nSPS) is 15.3. The second-order valence-electron chi connectivity index (χ2n) is 4.57. The van der Waals surface area contributed by atoms with E-state index in [9.17, 15) is 4.79 Å². The highest BCUT2D eigenvalue weighted by molar-refractivity contribution is 5.88. The van der Waals surface area contributed by atoms with Crippen molar-refractivity contribution in [3.05, 3.63) is 29.4 Å². The molecule has 0 amide bonds. The zero-order chi connectivity index (χ0) is 13.0. The number of esters is 1. The zero-order valence-corrected chi connectivity index (χ0v) is 11.1. The summed E-state index contributed by atoms with van der Waals surface area (Å²) in [6.45, 7) is 2.67. The molecule has 1 aromatic rings. The van der Waals surface area contributed by atoms with Crippen LogP contribution in [0, 0.1) is 0 Å². The SMILES string of the molecule is CCC(=CCn1cnc2c1CCCC2)C(=O)OC. The maximum absolute atomic E-state index is 11.5. The summed E-state index contributed by atoms with van der Waals surface area (Å²) in [5.41, 5.74) is 3.29. The van der Waals surface area contributed by atoms with Crippen molar-refractivity contribution in [2.45, 2.75) is 45.6 Å². The minimum atomic E-state index is -0.230. The Hall–Kier alpha value is -1.58. The zero-order valence-electron chi connectivity index (χ0n) is 11.1. The van der Waals surface area contributed by atoms with E-state index in [0.29, 0.717) is 13.0 Å². The largest absolute Gasteiger partial charge is 0.466 e. The average molecular weight is 248 g/mol. The number of aromatic nitrogens is 2. The van der Waals surface area contributed by atoms with Crippen molar-refractivity contribution >= 4 is 5.97 Å². The fraction of sp³-hybridized carbons (Fsp3) is 0.571. The Labute approximate surface area is 108 Å². The molecule has 1 aromatic heterocycles. The molecule has 1 heterocycles. The van der Waals surface area contributed by atoms with Crippen LogP contribution in [0.5, 0.6) is 0 Å². The van der Waals surface area contributed by atoms with Crippen molar-refractivity contribution in [2.24, 2.45) is 0 Å². The predicted octanol–water partition coefficient (Wildman–Crippen LogP) is 2.27. The van der Waals surface area contributed by atoms with Gasteiger partial charge in [-0.05, 0) is 32.1 Å². The molecule has 0 aromatic carbocycles. The minimum absolute atomic E-state index is 0.230. The standard InChI is InChI=1S/C14H20N2O2/c1-3-11(14(17)18-2)8-9-16-10-15-12-6-4-5-7-13(12)16/h8,10H,3-7,9H2,1-2H3. The van der Waals surface area contributed by atoms with Crippen LogP contribution in [0.4, 0.5) is 0 Å². The molecule has 0 aliphatic heterocycles. The van der Waals surface area contributed by atoms with Gasteiger partial charge in [0.1, 0.15) is 0 Å². The number of allylic oxidation sites excluding steroid dienone is 1. The Bertz CT molecular complexity index is 460. The highest BCUT2D eigenvalue weighted by Crippen LogP contribution is 2.20. The van der Waals surface area contributed by atoms with Crippen LogP contribution in [0.25, 0.3) is 0 Å². The van der Waals surface area contributed by atoms with Crippen molar-refractivity contribution in [2.75, 3.05) is 7.11 Å². The molecule has 1 aliphatic rings. The number of ether oxygens (including phenoxy) is 1. The molecule has 0 fully saturated rings. The number of carbonyl (C=O) groups excluding carboxylic acids is 1. The molecule has 0 atom stereocenters. The van der Waals surface area contributed by atoms with E-state index < -0.39 is 0 Å². The second kappa shape index (κ2) is 5.85. The maximum atomic E-state index is 11.5. The topological polar surface area (TPSA) is 44.1 Å². The number of imidazole rings is 1. The number of hydrogen-bond acceptors (Lipinski definition) is 3. The van der Waals surface area contributed by atoms with Gasteiger partial charge in [0.15, 0.2) is 0 Å². The molecule has 2 rings (SSSR count). The summed E-state index contributed by atoms with van der Waals surface area (Å²) in [4.78, 5) is 15.9. The van der Waals surface area contributed by atoms with Crippen LogP contribution in [-0.2, 0) is 28.9 Å². The lowest BCUT2D eigenvalue weighted by atomic mass is 10.0. The molecule has 4 nitrogen and oxygen atoms in total. The number of fused-ring (bicyclic) bond motifs is 1. The van der Waals surface area contributed by atoms with Crippen LogP contribution in [0.2, 0.25) is 0 Å². The highest BCUT2D eigenvalue weighted by Gasteiger charge is 2.14. The fourth-order valence-electron chi connectivity index (χ4n) is 2.40. The predicted molar refractivity (Wildman–Crippen MR) is 69.3 cm³/mol. The summed E-state index contributed by atoms with van der Waals surface area (Å²) in [6, 6.07) is 0. The first-order valence-electron chi connectivity index (χ1n) is 6.56. The monoisotopic (exact) mass is 248 g/mol. The van der Waals surface area contributed by atoms with E-state index in [1.807, 2.05) is 19.3 Å². The molecule has 18 heavy (non-hydrogen) atoms. The molecule has 0 radical (unpaired) electrons. The highest BCUT2D eigenvalue weighted by atomic mass is 16.5. The summed E-state index contributed by atoms with van der Waals surface area (Å²) in [7, 11) is 1.42. The molecule has 0 saturated heterocycles. The van der Waals surface area contributed by atoms with Crippen LogP contribution in [0.3, 0.4) is 0 Å². The quantitative estimate of drug-likeness (QED) is 0.606. The lowest BCUT2D eigenvalue weighted by Crippen LogP contribution is -2.09. The molecule has 98 valence electrons. The summed E-state index contributed by atoms with van der Waals surface area (Å²) >= 11 is 0. The van der Waals surface area contributed by atoms with E-state index >= 15 is 0 Å². The Morgan fingerprint density at radius 3 is 3.00 bits per heavy atom. The van der Waals surface area contributed by atoms with Gasteiger partial charge >= 0.3 is 5.97 Å². The first-order chi connectivity index (χ1) is 8.76. The van der Waals surface area contributed by atoms with Crippen molar-refractivity contribution < 1.29 is 9.53 Å². The smallest absolute Gasteiger partial charge is 0.333 e. The molecule has 0 bridgehead atoms. The van der Waals surface area contributed by atoms with Gasteiger partial charge in [0.2, 0.25) is 0 Å². The fourth-order valence-corrected chi connectivity index (χ4v) is 2.40. The van der Waals surface area contributed by atoms with Crippen molar-refractivity contribution in [1.82, 2.24) is 9.55 Å². The van der Waals surface area contributed by atoms with Crippen molar-refractivity contribution in [3.8, 4) is 0 Å². The van der Waals surface area contributed by atoms with E-state index in [0.717, 1.165) is 18.4 Å². The van der Waals surface area contributed by atoms with E-state index in [1.165, 1.54) is 31.3 Å². The third-order valence-electron chi connectivity index (χ3n) is 3.47. The number of hydrogen-bond donors (Lipinski definition) is 0. The lowest BCUT2D eigenvalue weighted by molar-refractivity contribution is -0.136. The maximum Gasteiger partial charge on any atom is 0.333 e. The Morgan fingerprint density at radius 2 is 2.28 bits per heavy atom. The molecular formula is C14H20N2O2. The van der Waals surface area contributed by atoms with Gasteiger partial charge in [-0.1, -0.05) is 13.0 Å². The summed E-state index contributed by atoms with van der Waals surface area (Å²) in [6.07, 6.45) is 9.19.